The van der Waals surface area contributed by atoms with Crippen molar-refractivity contribution >= 4 is 52.1 Å². The van der Waals surface area contributed by atoms with Gasteiger partial charge in [-0.1, -0.05) is 35.3 Å². The topological polar surface area (TPSA) is 57.4 Å². The molecule has 0 aliphatic rings. The van der Waals surface area contributed by atoms with Crippen LogP contribution in [0.2, 0.25) is 10.0 Å². The van der Waals surface area contributed by atoms with Gasteiger partial charge >= 0.3 is 0 Å². The van der Waals surface area contributed by atoms with Gasteiger partial charge in [0.2, 0.25) is 0 Å². The highest BCUT2D eigenvalue weighted by atomic mass is 35.5. The fraction of sp³-hybridized carbons (Fsp3) is 0.0909. The van der Waals surface area contributed by atoms with Crippen molar-refractivity contribution in [3.63, 3.8) is 0 Å². The van der Waals surface area contributed by atoms with Crippen molar-refractivity contribution in [1.82, 2.24) is 14.5 Å². The summed E-state index contributed by atoms with van der Waals surface area (Å²) in [5, 5.41) is 11.6. The SMILES string of the molecule is Cc1cc(/C=C(\C#N)Sc2nc3ccccc3[nH]2)c(C)n1-c1cc(Cl)ccc1Cl. The molecule has 0 aliphatic carbocycles. The lowest BCUT2D eigenvalue weighted by molar-refractivity contribution is 0.965. The lowest BCUT2D eigenvalue weighted by Crippen LogP contribution is -2.00. The Bertz CT molecular complexity index is 1260. The summed E-state index contributed by atoms with van der Waals surface area (Å²) in [6, 6.07) is 17.5. The largest absolute Gasteiger partial charge is 0.333 e. The van der Waals surface area contributed by atoms with Crippen LogP contribution < -0.4 is 0 Å². The van der Waals surface area contributed by atoms with Crippen molar-refractivity contribution in [2.24, 2.45) is 0 Å². The second kappa shape index (κ2) is 8.00. The van der Waals surface area contributed by atoms with Gasteiger partial charge in [-0.25, -0.2) is 4.98 Å². The molecule has 144 valence electrons. The molecule has 0 unspecified atom stereocenters. The fourth-order valence-corrected chi connectivity index (χ4v) is 4.38. The molecule has 4 nitrogen and oxygen atoms in total. The van der Waals surface area contributed by atoms with E-state index in [1.54, 1.807) is 12.1 Å². The summed E-state index contributed by atoms with van der Waals surface area (Å²) >= 11 is 13.9. The lowest BCUT2D eigenvalue weighted by Gasteiger charge is -2.12. The number of para-hydroxylation sites is 2. The number of rotatable bonds is 4. The Kier molecular flexibility index (Phi) is 5.42. The minimum atomic E-state index is 0.543. The summed E-state index contributed by atoms with van der Waals surface area (Å²) in [7, 11) is 0. The van der Waals surface area contributed by atoms with Gasteiger partial charge in [-0.3, -0.25) is 0 Å². The van der Waals surface area contributed by atoms with E-state index >= 15 is 0 Å². The number of nitrogens with one attached hydrogen (secondary N) is 1. The standard InChI is InChI=1S/C22H16Cl2N4S/c1-13-9-15(14(2)28(13)21-11-16(23)7-8-18(21)24)10-17(12-25)29-22-26-19-5-3-4-6-20(19)27-22/h3-11H,1-2H3,(H,26,27)/b17-10+. The number of allylic oxidation sites excluding steroid dienone is 1. The lowest BCUT2D eigenvalue weighted by atomic mass is 10.2. The molecular weight excluding hydrogens is 423 g/mol. The predicted molar refractivity (Wildman–Crippen MR) is 121 cm³/mol. The van der Waals surface area contributed by atoms with Crippen LogP contribution in [0, 0.1) is 25.2 Å². The average Bonchev–Trinajstić information content (AvgIpc) is 3.23. The molecule has 0 radical (unpaired) electrons. The van der Waals surface area contributed by atoms with Crippen LogP contribution in [0.1, 0.15) is 17.0 Å². The van der Waals surface area contributed by atoms with Crippen LogP contribution in [-0.2, 0) is 0 Å². The van der Waals surface area contributed by atoms with E-state index in [9.17, 15) is 5.26 Å². The number of fused-ring (bicyclic) bond motifs is 1. The number of hydrogen-bond acceptors (Lipinski definition) is 3. The van der Waals surface area contributed by atoms with Crippen LogP contribution in [0.4, 0.5) is 0 Å². The maximum atomic E-state index is 9.66. The Morgan fingerprint density at radius 3 is 2.72 bits per heavy atom. The predicted octanol–water partition coefficient (Wildman–Crippen LogP) is 6.93. The summed E-state index contributed by atoms with van der Waals surface area (Å²) in [5.41, 5.74) is 5.56. The summed E-state index contributed by atoms with van der Waals surface area (Å²) in [6.45, 7) is 4.00. The summed E-state index contributed by atoms with van der Waals surface area (Å²) in [4.78, 5) is 8.32. The molecule has 2 heterocycles. The minimum Gasteiger partial charge on any atom is -0.333 e. The van der Waals surface area contributed by atoms with Gasteiger partial charge < -0.3 is 9.55 Å². The molecule has 2 aromatic carbocycles. The van der Waals surface area contributed by atoms with Gasteiger partial charge in [0.1, 0.15) is 6.07 Å². The van der Waals surface area contributed by atoms with Gasteiger partial charge in [0.15, 0.2) is 5.16 Å². The fourth-order valence-electron chi connectivity index (χ4n) is 3.27. The number of hydrogen-bond donors (Lipinski definition) is 1. The van der Waals surface area contributed by atoms with Gasteiger partial charge in [-0.2, -0.15) is 5.26 Å². The normalized spacial score (nSPS) is 11.8. The van der Waals surface area contributed by atoms with E-state index in [-0.39, 0.29) is 0 Å². The maximum Gasteiger partial charge on any atom is 0.171 e. The highest BCUT2D eigenvalue weighted by molar-refractivity contribution is 8.03. The summed E-state index contributed by atoms with van der Waals surface area (Å²) in [6.07, 6.45) is 1.87. The first kappa shape index (κ1) is 19.7. The van der Waals surface area contributed by atoms with Crippen LogP contribution in [0.3, 0.4) is 0 Å². The number of H-pyrrole nitrogens is 1. The van der Waals surface area contributed by atoms with Gasteiger partial charge in [0.05, 0.1) is 26.6 Å². The van der Waals surface area contributed by atoms with E-state index in [1.165, 1.54) is 11.8 Å². The molecule has 0 saturated carbocycles. The average molecular weight is 439 g/mol. The summed E-state index contributed by atoms with van der Waals surface area (Å²) in [5.74, 6) is 0. The number of benzene rings is 2. The molecule has 0 spiro atoms. The Morgan fingerprint density at radius 2 is 1.97 bits per heavy atom. The third-order valence-corrected chi connectivity index (χ3v) is 5.96. The Labute approximate surface area is 182 Å². The number of nitrogens with zero attached hydrogens (tertiary/aromatic N) is 3. The molecule has 0 saturated heterocycles. The van der Waals surface area contributed by atoms with Crippen LogP contribution in [0.15, 0.2) is 58.6 Å². The van der Waals surface area contributed by atoms with Crippen molar-refractivity contribution in [3.05, 3.63) is 80.4 Å². The van der Waals surface area contributed by atoms with Crippen LogP contribution in [0.25, 0.3) is 22.8 Å². The summed E-state index contributed by atoms with van der Waals surface area (Å²) < 4.78 is 2.04. The molecule has 4 rings (SSSR count). The molecular formula is C22H16Cl2N4S. The number of nitriles is 1. The zero-order valence-electron chi connectivity index (χ0n) is 15.7. The van der Waals surface area contributed by atoms with Crippen molar-refractivity contribution in [2.75, 3.05) is 0 Å². The van der Waals surface area contributed by atoms with E-state index < -0.39 is 0 Å². The van der Waals surface area contributed by atoms with Gasteiger partial charge in [0, 0.05) is 16.4 Å². The number of aromatic amines is 1. The number of thioether (sulfide) groups is 1. The first-order valence-electron chi connectivity index (χ1n) is 8.85. The molecule has 0 fully saturated rings. The number of aryl methyl sites for hydroxylation is 1. The van der Waals surface area contributed by atoms with E-state index in [1.807, 2.05) is 60.9 Å². The van der Waals surface area contributed by atoms with E-state index in [0.717, 1.165) is 33.7 Å². The van der Waals surface area contributed by atoms with Crippen molar-refractivity contribution in [1.29, 1.82) is 5.26 Å². The van der Waals surface area contributed by atoms with Gasteiger partial charge in [-0.05, 0) is 73.6 Å². The molecule has 4 aromatic rings. The first-order valence-corrected chi connectivity index (χ1v) is 10.4. The molecule has 7 heteroatoms. The maximum absolute atomic E-state index is 9.66. The van der Waals surface area contributed by atoms with Crippen LogP contribution in [-0.4, -0.2) is 14.5 Å². The van der Waals surface area contributed by atoms with Gasteiger partial charge in [0.25, 0.3) is 0 Å². The second-order valence-corrected chi connectivity index (χ2v) is 8.41. The molecule has 29 heavy (non-hydrogen) atoms. The van der Waals surface area contributed by atoms with E-state index in [2.05, 4.69) is 16.0 Å². The molecule has 0 atom stereocenters. The third-order valence-electron chi connectivity index (χ3n) is 4.59. The second-order valence-electron chi connectivity index (χ2n) is 6.54. The first-order chi connectivity index (χ1) is 14.0. The Hall–Kier alpha value is -2.65. The highest BCUT2D eigenvalue weighted by Crippen LogP contribution is 2.32. The van der Waals surface area contributed by atoms with E-state index in [4.69, 9.17) is 23.2 Å². The van der Waals surface area contributed by atoms with Gasteiger partial charge in [-0.15, -0.1) is 0 Å². The zero-order valence-corrected chi connectivity index (χ0v) is 18.0. The number of imidazole rings is 1. The zero-order chi connectivity index (χ0) is 20.5. The Morgan fingerprint density at radius 1 is 1.17 bits per heavy atom. The third kappa shape index (κ3) is 3.92. The van der Waals surface area contributed by atoms with Crippen molar-refractivity contribution in [2.45, 2.75) is 19.0 Å². The number of halogens is 2. The monoisotopic (exact) mass is 438 g/mol. The number of aromatic nitrogens is 3. The van der Waals surface area contributed by atoms with E-state index in [0.29, 0.717) is 20.1 Å². The van der Waals surface area contributed by atoms with Crippen LogP contribution in [0.5, 0.6) is 0 Å². The molecule has 0 bridgehead atoms. The Balaban J connectivity index is 1.71. The van der Waals surface area contributed by atoms with Crippen LogP contribution >= 0.6 is 35.0 Å². The molecule has 0 aliphatic heterocycles. The minimum absolute atomic E-state index is 0.543. The quantitative estimate of drug-likeness (QED) is 0.277. The molecule has 0 amide bonds. The van der Waals surface area contributed by atoms with Crippen molar-refractivity contribution < 1.29 is 0 Å². The van der Waals surface area contributed by atoms with Crippen molar-refractivity contribution in [3.8, 4) is 11.8 Å². The smallest absolute Gasteiger partial charge is 0.171 e. The molecule has 1 N–H and O–H groups in total. The molecule has 2 aromatic heterocycles. The highest BCUT2D eigenvalue weighted by Gasteiger charge is 2.14.